The molecule has 0 N–H and O–H groups in total. The normalized spacial score (nSPS) is 7.14. The second-order valence-corrected chi connectivity index (χ2v) is 1.97. The number of hydrogen-bond acceptors (Lipinski definition) is 0. The standard InChI is InChI=1S/C3Cl3N/c1-7-3(6)2(4)5. The highest BCUT2D eigenvalue weighted by Crippen LogP contribution is 2.17. The lowest BCUT2D eigenvalue weighted by molar-refractivity contribution is 1.94. The van der Waals surface area contributed by atoms with Crippen LogP contribution in [0.25, 0.3) is 4.85 Å². The van der Waals surface area contributed by atoms with Crippen molar-refractivity contribution in [2.75, 3.05) is 0 Å². The Bertz CT molecular complexity index is 128. The zero-order valence-electron chi connectivity index (χ0n) is 3.08. The van der Waals surface area contributed by atoms with Crippen LogP contribution in [-0.2, 0) is 0 Å². The zero-order chi connectivity index (χ0) is 5.86. The minimum Gasteiger partial charge on any atom is -0.223 e. The van der Waals surface area contributed by atoms with E-state index in [-0.39, 0.29) is 9.65 Å². The molecule has 0 unspecified atom stereocenters. The highest BCUT2D eigenvalue weighted by atomic mass is 35.5. The fraction of sp³-hybridized carbons (Fsp3) is 0. The molecule has 0 aromatic heterocycles. The van der Waals surface area contributed by atoms with Gasteiger partial charge in [-0.1, -0.05) is 23.2 Å². The number of rotatable bonds is 0. The largest absolute Gasteiger partial charge is 0.282 e. The third-order valence-electron chi connectivity index (χ3n) is 0.254. The van der Waals surface area contributed by atoms with Gasteiger partial charge in [0.05, 0.1) is 6.57 Å². The molecular formula is C3Cl3N. The molecule has 38 valence electrons. The average molecular weight is 156 g/mol. The zero-order valence-corrected chi connectivity index (χ0v) is 5.35. The van der Waals surface area contributed by atoms with Crippen LogP contribution >= 0.6 is 34.8 Å². The molecular weight excluding hydrogens is 156 g/mol. The maximum Gasteiger partial charge on any atom is 0.282 e. The summed E-state index contributed by atoms with van der Waals surface area (Å²) in [5.74, 6) is 0. The summed E-state index contributed by atoms with van der Waals surface area (Å²) in [6.07, 6.45) is 0. The summed E-state index contributed by atoms with van der Waals surface area (Å²) in [7, 11) is 0. The van der Waals surface area contributed by atoms with Gasteiger partial charge in [-0.05, 0) is 0 Å². The van der Waals surface area contributed by atoms with E-state index >= 15 is 0 Å². The van der Waals surface area contributed by atoms with Crippen molar-refractivity contribution in [1.82, 2.24) is 0 Å². The van der Waals surface area contributed by atoms with E-state index in [0.717, 1.165) is 0 Å². The topological polar surface area (TPSA) is 4.36 Å². The first-order valence-corrected chi connectivity index (χ1v) is 2.40. The van der Waals surface area contributed by atoms with Crippen LogP contribution in [0.5, 0.6) is 0 Å². The van der Waals surface area contributed by atoms with Crippen molar-refractivity contribution in [3.05, 3.63) is 21.1 Å². The van der Waals surface area contributed by atoms with Crippen LogP contribution in [0.4, 0.5) is 0 Å². The smallest absolute Gasteiger partial charge is 0.223 e. The SMILES string of the molecule is [C-]#[N+]C(Cl)=C(Cl)Cl. The Morgan fingerprint density at radius 1 is 1.29 bits per heavy atom. The first-order valence-electron chi connectivity index (χ1n) is 1.26. The molecule has 0 radical (unpaired) electrons. The molecule has 0 aliphatic rings. The van der Waals surface area contributed by atoms with Crippen LogP contribution in [0.1, 0.15) is 0 Å². The molecule has 0 aliphatic carbocycles. The molecule has 0 aromatic carbocycles. The van der Waals surface area contributed by atoms with Gasteiger partial charge in [0, 0.05) is 0 Å². The molecule has 0 saturated heterocycles. The van der Waals surface area contributed by atoms with Crippen LogP contribution in [0.15, 0.2) is 9.65 Å². The highest BCUT2D eigenvalue weighted by Gasteiger charge is 1.92. The molecule has 0 rings (SSSR count). The summed E-state index contributed by atoms with van der Waals surface area (Å²) in [6, 6.07) is 0. The molecule has 0 amide bonds. The maximum absolute atomic E-state index is 6.21. The van der Waals surface area contributed by atoms with E-state index in [9.17, 15) is 0 Å². The third-order valence-corrected chi connectivity index (χ3v) is 1.08. The average Bonchev–Trinajstić information content (AvgIpc) is 1.65. The summed E-state index contributed by atoms with van der Waals surface area (Å²) in [5, 5.41) is -0.191. The molecule has 0 saturated carbocycles. The summed E-state index contributed by atoms with van der Waals surface area (Å²) in [4.78, 5) is 2.72. The van der Waals surface area contributed by atoms with Crippen LogP contribution in [-0.4, -0.2) is 0 Å². The highest BCUT2D eigenvalue weighted by molar-refractivity contribution is 6.59. The fourth-order valence-electron chi connectivity index (χ4n) is 0.0423. The van der Waals surface area contributed by atoms with Crippen LogP contribution in [0.2, 0.25) is 0 Å². The van der Waals surface area contributed by atoms with Crippen LogP contribution in [0, 0.1) is 6.57 Å². The predicted octanol–water partition coefficient (Wildman–Crippen LogP) is 2.75. The first kappa shape index (κ1) is 7.10. The Kier molecular flexibility index (Phi) is 3.19. The van der Waals surface area contributed by atoms with Crippen molar-refractivity contribution in [1.29, 1.82) is 0 Å². The fourth-order valence-corrected chi connectivity index (χ4v) is 0.127. The summed E-state index contributed by atoms with van der Waals surface area (Å²) >= 11 is 15.1. The summed E-state index contributed by atoms with van der Waals surface area (Å²) in [5.41, 5.74) is 0. The molecule has 0 spiro atoms. The molecule has 0 aliphatic heterocycles. The molecule has 0 heterocycles. The van der Waals surface area contributed by atoms with Crippen molar-refractivity contribution < 1.29 is 0 Å². The minimum absolute atomic E-state index is 0.184. The number of nitrogens with zero attached hydrogens (tertiary/aromatic N) is 1. The minimum atomic E-state index is -0.191. The monoisotopic (exact) mass is 155 g/mol. The van der Waals surface area contributed by atoms with Gasteiger partial charge in [-0.3, -0.25) is 0 Å². The van der Waals surface area contributed by atoms with Crippen molar-refractivity contribution >= 4 is 34.8 Å². The molecule has 7 heavy (non-hydrogen) atoms. The van der Waals surface area contributed by atoms with Gasteiger partial charge < -0.3 is 0 Å². The van der Waals surface area contributed by atoms with Crippen LogP contribution in [0.3, 0.4) is 0 Å². The maximum atomic E-state index is 6.21. The molecule has 1 nitrogen and oxygen atoms in total. The van der Waals surface area contributed by atoms with E-state index in [1.54, 1.807) is 0 Å². The predicted molar refractivity (Wildman–Crippen MR) is 31.2 cm³/mol. The lowest BCUT2D eigenvalue weighted by Gasteiger charge is -1.77. The second-order valence-electron chi connectivity index (χ2n) is 0.663. The third kappa shape index (κ3) is 2.76. The van der Waals surface area contributed by atoms with Gasteiger partial charge in [0.2, 0.25) is 0 Å². The Labute approximate surface area is 56.3 Å². The lowest BCUT2D eigenvalue weighted by atomic mass is 11.0. The van der Waals surface area contributed by atoms with Gasteiger partial charge in [0.1, 0.15) is 4.49 Å². The number of halogens is 3. The van der Waals surface area contributed by atoms with Crippen molar-refractivity contribution in [3.63, 3.8) is 0 Å². The number of hydrogen-bond donors (Lipinski definition) is 0. The second kappa shape index (κ2) is 3.15. The van der Waals surface area contributed by atoms with Gasteiger partial charge in [0.15, 0.2) is 0 Å². The van der Waals surface area contributed by atoms with E-state index in [2.05, 4.69) is 4.85 Å². The van der Waals surface area contributed by atoms with Gasteiger partial charge in [-0.15, -0.1) is 11.6 Å². The molecule has 0 aromatic rings. The lowest BCUT2D eigenvalue weighted by Crippen LogP contribution is -1.54. The molecule has 4 heteroatoms. The summed E-state index contributed by atoms with van der Waals surface area (Å²) < 4.78 is -0.184. The van der Waals surface area contributed by atoms with Crippen molar-refractivity contribution in [2.45, 2.75) is 0 Å². The van der Waals surface area contributed by atoms with Gasteiger partial charge in [-0.25, -0.2) is 4.85 Å². The van der Waals surface area contributed by atoms with Crippen molar-refractivity contribution in [2.24, 2.45) is 0 Å². The van der Waals surface area contributed by atoms with Crippen molar-refractivity contribution in [3.8, 4) is 0 Å². The van der Waals surface area contributed by atoms with Gasteiger partial charge in [0.25, 0.3) is 5.16 Å². The van der Waals surface area contributed by atoms with Gasteiger partial charge >= 0.3 is 0 Å². The van der Waals surface area contributed by atoms with E-state index in [1.807, 2.05) is 0 Å². The Morgan fingerprint density at radius 2 is 1.71 bits per heavy atom. The molecule has 0 bridgehead atoms. The van der Waals surface area contributed by atoms with Gasteiger partial charge in [-0.2, -0.15) is 0 Å². The van der Waals surface area contributed by atoms with E-state index in [0.29, 0.717) is 0 Å². The Balaban J connectivity index is 4.07. The quantitative estimate of drug-likeness (QED) is 0.375. The van der Waals surface area contributed by atoms with Crippen LogP contribution < -0.4 is 0 Å². The van der Waals surface area contributed by atoms with E-state index in [4.69, 9.17) is 41.4 Å². The van der Waals surface area contributed by atoms with E-state index in [1.165, 1.54) is 0 Å². The molecule has 0 fully saturated rings. The first-order chi connectivity index (χ1) is 3.18. The Morgan fingerprint density at radius 3 is 1.71 bits per heavy atom. The summed E-state index contributed by atoms with van der Waals surface area (Å²) in [6.45, 7) is 6.21. The Hall–Kier alpha value is 0.1000. The molecule has 0 atom stereocenters. The van der Waals surface area contributed by atoms with E-state index < -0.39 is 0 Å².